The van der Waals surface area contributed by atoms with E-state index < -0.39 is 0 Å². The Bertz CT molecular complexity index is 201. The van der Waals surface area contributed by atoms with E-state index >= 15 is 0 Å². The van der Waals surface area contributed by atoms with Crippen LogP contribution < -0.4 is 0 Å². The maximum atomic E-state index is 3.21. The third-order valence-corrected chi connectivity index (χ3v) is 1.32. The first-order chi connectivity index (χ1) is 5.43. The van der Waals surface area contributed by atoms with Crippen molar-refractivity contribution in [1.82, 2.24) is 0 Å². The first-order valence-corrected chi connectivity index (χ1v) is 4.17. The molecule has 1 aromatic rings. The van der Waals surface area contributed by atoms with Crippen LogP contribution >= 0.6 is 15.9 Å². The van der Waals surface area contributed by atoms with Crippen molar-refractivity contribution in [1.29, 1.82) is 0 Å². The predicted molar refractivity (Wildman–Crippen MR) is 55.7 cm³/mol. The molecule has 0 saturated carbocycles. The molecule has 0 unspecified atom stereocenters. The van der Waals surface area contributed by atoms with Crippen LogP contribution in [-0.2, 0) is 0 Å². The number of hydrogen-bond acceptors (Lipinski definition) is 0. The highest BCUT2D eigenvalue weighted by molar-refractivity contribution is 9.11. The summed E-state index contributed by atoms with van der Waals surface area (Å²) in [5, 5.41) is 0. The molecule has 58 valence electrons. The van der Waals surface area contributed by atoms with Gasteiger partial charge in [-0.15, -0.1) is 13.2 Å². The monoisotopic (exact) mass is 210 g/mol. The molecule has 0 aliphatic heterocycles. The standard InChI is InChI=1S/C8H7Br.C2H4/c9-7-6-8-4-2-1-3-5-8;1-2/h1-7H;1-2H2. The Hall–Kier alpha value is -0.820. The van der Waals surface area contributed by atoms with Crippen LogP contribution in [-0.4, -0.2) is 0 Å². The number of benzene rings is 1. The highest BCUT2D eigenvalue weighted by Crippen LogP contribution is 2.01. The molecular formula is C10H11Br. The van der Waals surface area contributed by atoms with Gasteiger partial charge in [-0.3, -0.25) is 0 Å². The van der Waals surface area contributed by atoms with Gasteiger partial charge in [0.1, 0.15) is 0 Å². The quantitative estimate of drug-likeness (QED) is 0.619. The first-order valence-electron chi connectivity index (χ1n) is 3.25. The van der Waals surface area contributed by atoms with E-state index in [4.69, 9.17) is 0 Å². The van der Waals surface area contributed by atoms with E-state index in [1.165, 1.54) is 5.56 Å². The Labute approximate surface area is 76.4 Å². The van der Waals surface area contributed by atoms with Crippen molar-refractivity contribution in [3.8, 4) is 0 Å². The van der Waals surface area contributed by atoms with Crippen LogP contribution in [0.5, 0.6) is 0 Å². The highest BCUT2D eigenvalue weighted by Gasteiger charge is 1.78. The van der Waals surface area contributed by atoms with Gasteiger partial charge in [-0.25, -0.2) is 0 Å². The minimum Gasteiger partial charge on any atom is -0.106 e. The van der Waals surface area contributed by atoms with Crippen molar-refractivity contribution in [3.63, 3.8) is 0 Å². The van der Waals surface area contributed by atoms with E-state index in [1.807, 2.05) is 29.3 Å². The molecule has 0 nitrogen and oxygen atoms in total. The van der Waals surface area contributed by atoms with Gasteiger partial charge in [-0.2, -0.15) is 0 Å². The van der Waals surface area contributed by atoms with Crippen LogP contribution in [0.2, 0.25) is 0 Å². The zero-order valence-corrected chi connectivity index (χ0v) is 7.92. The molecule has 1 heteroatoms. The van der Waals surface area contributed by atoms with Crippen LogP contribution in [0.4, 0.5) is 0 Å². The van der Waals surface area contributed by atoms with Crippen LogP contribution in [0, 0.1) is 0 Å². The summed E-state index contributed by atoms with van der Waals surface area (Å²) in [7, 11) is 0. The van der Waals surface area contributed by atoms with E-state index in [0.717, 1.165) is 0 Å². The maximum Gasteiger partial charge on any atom is -0.0183 e. The summed E-state index contributed by atoms with van der Waals surface area (Å²) in [6, 6.07) is 10.1. The smallest absolute Gasteiger partial charge is 0.0183 e. The summed E-state index contributed by atoms with van der Waals surface area (Å²) in [6.45, 7) is 6.00. The molecule has 1 aromatic carbocycles. The maximum absolute atomic E-state index is 3.21. The predicted octanol–water partition coefficient (Wildman–Crippen LogP) is 3.85. The van der Waals surface area contributed by atoms with Crippen LogP contribution in [0.1, 0.15) is 5.56 Å². The molecule has 0 spiro atoms. The molecule has 0 fully saturated rings. The number of halogens is 1. The van der Waals surface area contributed by atoms with Gasteiger partial charge in [0.25, 0.3) is 0 Å². The van der Waals surface area contributed by atoms with Crippen LogP contribution in [0.3, 0.4) is 0 Å². The van der Waals surface area contributed by atoms with E-state index in [1.54, 1.807) is 0 Å². The van der Waals surface area contributed by atoms with Gasteiger partial charge >= 0.3 is 0 Å². The first kappa shape index (κ1) is 10.2. The third-order valence-electron chi connectivity index (χ3n) is 1.06. The van der Waals surface area contributed by atoms with Gasteiger partial charge in [-0.1, -0.05) is 46.3 Å². The largest absolute Gasteiger partial charge is 0.106 e. The second kappa shape index (κ2) is 7.29. The molecule has 0 amide bonds. The average Bonchev–Trinajstić information content (AvgIpc) is 2.11. The van der Waals surface area contributed by atoms with Crippen molar-refractivity contribution < 1.29 is 0 Å². The summed E-state index contributed by atoms with van der Waals surface area (Å²) in [4.78, 5) is 1.85. The summed E-state index contributed by atoms with van der Waals surface area (Å²) < 4.78 is 0. The molecular weight excluding hydrogens is 200 g/mol. The Morgan fingerprint density at radius 1 is 1.09 bits per heavy atom. The lowest BCUT2D eigenvalue weighted by Crippen LogP contribution is -1.64. The Morgan fingerprint density at radius 2 is 1.64 bits per heavy atom. The molecule has 0 N–H and O–H groups in total. The normalized spacial score (nSPS) is 8.82. The molecule has 0 heterocycles. The van der Waals surface area contributed by atoms with Crippen molar-refractivity contribution in [3.05, 3.63) is 54.0 Å². The molecule has 0 saturated heterocycles. The fraction of sp³-hybridized carbons (Fsp3) is 0. The van der Waals surface area contributed by atoms with Gasteiger partial charge < -0.3 is 0 Å². The molecule has 0 aromatic heterocycles. The minimum atomic E-state index is 1.22. The van der Waals surface area contributed by atoms with Crippen LogP contribution in [0.25, 0.3) is 6.08 Å². The summed E-state index contributed by atoms with van der Waals surface area (Å²) >= 11 is 3.21. The lowest BCUT2D eigenvalue weighted by molar-refractivity contribution is 1.67. The van der Waals surface area contributed by atoms with Crippen LogP contribution in [0.15, 0.2) is 48.5 Å². The topological polar surface area (TPSA) is 0 Å². The van der Waals surface area contributed by atoms with Crippen molar-refractivity contribution in [2.75, 3.05) is 0 Å². The van der Waals surface area contributed by atoms with Crippen molar-refractivity contribution in [2.24, 2.45) is 0 Å². The average molecular weight is 211 g/mol. The molecule has 0 radical (unpaired) electrons. The Morgan fingerprint density at radius 3 is 2.09 bits per heavy atom. The summed E-state index contributed by atoms with van der Waals surface area (Å²) in [5.41, 5.74) is 1.22. The SMILES string of the molecule is BrC=Cc1ccccc1.C=C. The third kappa shape index (κ3) is 4.57. The zero-order valence-electron chi connectivity index (χ0n) is 6.33. The lowest BCUT2D eigenvalue weighted by Gasteiger charge is -1.86. The fourth-order valence-corrected chi connectivity index (χ4v) is 0.942. The van der Waals surface area contributed by atoms with E-state index in [2.05, 4.69) is 41.2 Å². The van der Waals surface area contributed by atoms with E-state index in [9.17, 15) is 0 Å². The molecule has 0 aliphatic rings. The second-order valence-corrected chi connectivity index (χ2v) is 2.23. The second-order valence-electron chi connectivity index (χ2n) is 1.70. The Kier molecular flexibility index (Phi) is 6.75. The molecule has 0 bridgehead atoms. The van der Waals surface area contributed by atoms with Gasteiger partial charge in [0.2, 0.25) is 0 Å². The van der Waals surface area contributed by atoms with Gasteiger partial charge in [-0.05, 0) is 16.6 Å². The summed E-state index contributed by atoms with van der Waals surface area (Å²) in [5.74, 6) is 0. The zero-order chi connectivity index (χ0) is 8.53. The van der Waals surface area contributed by atoms with Gasteiger partial charge in [0.15, 0.2) is 0 Å². The fourth-order valence-electron chi connectivity index (χ4n) is 0.637. The number of hydrogen-bond donors (Lipinski definition) is 0. The minimum absolute atomic E-state index is 1.22. The molecule has 0 atom stereocenters. The van der Waals surface area contributed by atoms with Gasteiger partial charge in [0.05, 0.1) is 0 Å². The summed E-state index contributed by atoms with van der Waals surface area (Å²) in [6.07, 6.45) is 2.00. The highest BCUT2D eigenvalue weighted by atomic mass is 79.9. The lowest BCUT2D eigenvalue weighted by atomic mass is 10.2. The number of rotatable bonds is 1. The Balaban J connectivity index is 0.000000461. The van der Waals surface area contributed by atoms with Crippen molar-refractivity contribution in [2.45, 2.75) is 0 Å². The van der Waals surface area contributed by atoms with E-state index in [-0.39, 0.29) is 0 Å². The van der Waals surface area contributed by atoms with Crippen molar-refractivity contribution >= 4 is 22.0 Å². The molecule has 0 aliphatic carbocycles. The van der Waals surface area contributed by atoms with Gasteiger partial charge in [0, 0.05) is 0 Å². The molecule has 1 rings (SSSR count). The molecule has 11 heavy (non-hydrogen) atoms. The van der Waals surface area contributed by atoms with E-state index in [0.29, 0.717) is 0 Å².